The summed E-state index contributed by atoms with van der Waals surface area (Å²) in [6, 6.07) is 6.48. The van der Waals surface area contributed by atoms with Crippen LogP contribution in [0, 0.1) is 5.92 Å². The lowest BCUT2D eigenvalue weighted by Crippen LogP contribution is -2.54. The van der Waals surface area contributed by atoms with Crippen molar-refractivity contribution in [2.45, 2.75) is 6.92 Å². The van der Waals surface area contributed by atoms with Crippen molar-refractivity contribution in [3.05, 3.63) is 54.1 Å². The van der Waals surface area contributed by atoms with Gasteiger partial charge >= 0.3 is 5.97 Å². The summed E-state index contributed by atoms with van der Waals surface area (Å²) in [7, 11) is 0. The molecule has 1 saturated heterocycles. The van der Waals surface area contributed by atoms with E-state index in [1.165, 1.54) is 18.6 Å². The molecular formula is C18H18N4O4. The summed E-state index contributed by atoms with van der Waals surface area (Å²) in [6.45, 7) is 2.72. The van der Waals surface area contributed by atoms with E-state index in [4.69, 9.17) is 4.74 Å². The van der Waals surface area contributed by atoms with E-state index in [2.05, 4.69) is 15.3 Å². The van der Waals surface area contributed by atoms with Crippen LogP contribution in [-0.2, 0) is 9.53 Å². The van der Waals surface area contributed by atoms with E-state index in [0.29, 0.717) is 30.9 Å². The number of nitrogens with one attached hydrogen (secondary N) is 1. The van der Waals surface area contributed by atoms with Crippen molar-refractivity contribution in [2.75, 3.05) is 25.0 Å². The van der Waals surface area contributed by atoms with Crippen LogP contribution in [0.25, 0.3) is 0 Å². The van der Waals surface area contributed by atoms with Gasteiger partial charge in [-0.2, -0.15) is 0 Å². The molecule has 2 heterocycles. The maximum atomic E-state index is 12.3. The van der Waals surface area contributed by atoms with Gasteiger partial charge in [-0.1, -0.05) is 0 Å². The molecule has 1 fully saturated rings. The molecule has 0 spiro atoms. The van der Waals surface area contributed by atoms with Crippen LogP contribution in [-0.4, -0.2) is 52.3 Å². The van der Waals surface area contributed by atoms with Gasteiger partial charge in [0.05, 0.1) is 24.3 Å². The summed E-state index contributed by atoms with van der Waals surface area (Å²) in [5.41, 5.74) is 1.27. The van der Waals surface area contributed by atoms with Crippen LogP contribution in [0.1, 0.15) is 27.8 Å². The first-order valence-corrected chi connectivity index (χ1v) is 8.22. The molecule has 2 aromatic rings. The molecule has 0 radical (unpaired) electrons. The molecule has 1 N–H and O–H groups in total. The summed E-state index contributed by atoms with van der Waals surface area (Å²) >= 11 is 0. The van der Waals surface area contributed by atoms with Crippen LogP contribution in [0.3, 0.4) is 0 Å². The first-order chi connectivity index (χ1) is 12.6. The summed E-state index contributed by atoms with van der Waals surface area (Å²) in [6.07, 6.45) is 4.36. The standard InChI is InChI=1S/C18H18N4O4/c1-2-26-18(25)12-3-5-14(6-4-12)21-16(23)13-10-22(11-13)17(24)15-9-19-7-8-20-15/h3-9,13H,2,10-11H2,1H3,(H,21,23). The molecule has 1 aliphatic rings. The molecule has 1 aliphatic heterocycles. The molecule has 3 rings (SSSR count). The van der Waals surface area contributed by atoms with E-state index >= 15 is 0 Å². The van der Waals surface area contributed by atoms with Crippen LogP contribution >= 0.6 is 0 Å². The van der Waals surface area contributed by atoms with E-state index in [-0.39, 0.29) is 23.4 Å². The number of anilines is 1. The highest BCUT2D eigenvalue weighted by atomic mass is 16.5. The van der Waals surface area contributed by atoms with E-state index in [0.717, 1.165) is 0 Å². The van der Waals surface area contributed by atoms with Crippen molar-refractivity contribution in [3.63, 3.8) is 0 Å². The van der Waals surface area contributed by atoms with Gasteiger partial charge in [0.25, 0.3) is 5.91 Å². The number of nitrogens with zero attached hydrogens (tertiary/aromatic N) is 3. The highest BCUT2D eigenvalue weighted by Crippen LogP contribution is 2.20. The topological polar surface area (TPSA) is 101 Å². The lowest BCUT2D eigenvalue weighted by atomic mass is 9.98. The van der Waals surface area contributed by atoms with Crippen molar-refractivity contribution >= 4 is 23.5 Å². The fourth-order valence-electron chi connectivity index (χ4n) is 2.53. The van der Waals surface area contributed by atoms with Gasteiger partial charge in [-0.05, 0) is 31.2 Å². The zero-order valence-corrected chi connectivity index (χ0v) is 14.2. The van der Waals surface area contributed by atoms with Crippen molar-refractivity contribution in [3.8, 4) is 0 Å². The number of hydrogen-bond donors (Lipinski definition) is 1. The lowest BCUT2D eigenvalue weighted by Gasteiger charge is -2.37. The average molecular weight is 354 g/mol. The highest BCUT2D eigenvalue weighted by Gasteiger charge is 2.36. The zero-order valence-electron chi connectivity index (χ0n) is 14.2. The number of rotatable bonds is 5. The molecule has 0 bridgehead atoms. The molecule has 0 saturated carbocycles. The number of esters is 1. The minimum Gasteiger partial charge on any atom is -0.462 e. The molecule has 26 heavy (non-hydrogen) atoms. The Labute approximate surface area is 150 Å². The van der Waals surface area contributed by atoms with Crippen LogP contribution < -0.4 is 5.32 Å². The normalized spacial score (nSPS) is 13.7. The van der Waals surface area contributed by atoms with Crippen LogP contribution in [0.5, 0.6) is 0 Å². The zero-order chi connectivity index (χ0) is 18.5. The predicted molar refractivity (Wildman–Crippen MR) is 92.5 cm³/mol. The maximum Gasteiger partial charge on any atom is 0.338 e. The Kier molecular flexibility index (Phi) is 5.21. The first kappa shape index (κ1) is 17.5. The molecule has 1 aromatic carbocycles. The average Bonchev–Trinajstić information content (AvgIpc) is 2.62. The van der Waals surface area contributed by atoms with Gasteiger partial charge in [0.2, 0.25) is 5.91 Å². The van der Waals surface area contributed by atoms with E-state index in [1.54, 1.807) is 36.1 Å². The Hall–Kier alpha value is -3.29. The van der Waals surface area contributed by atoms with Gasteiger partial charge in [0, 0.05) is 31.2 Å². The molecule has 8 nitrogen and oxygen atoms in total. The molecule has 0 unspecified atom stereocenters. The minimum absolute atomic E-state index is 0.169. The van der Waals surface area contributed by atoms with Crippen molar-refractivity contribution in [2.24, 2.45) is 5.92 Å². The molecule has 8 heteroatoms. The monoisotopic (exact) mass is 354 g/mol. The van der Waals surface area contributed by atoms with Gasteiger partial charge in [0.15, 0.2) is 0 Å². The smallest absolute Gasteiger partial charge is 0.338 e. The number of hydrogen-bond acceptors (Lipinski definition) is 6. The van der Waals surface area contributed by atoms with E-state index in [9.17, 15) is 14.4 Å². The second-order valence-electron chi connectivity index (χ2n) is 5.78. The largest absolute Gasteiger partial charge is 0.462 e. The summed E-state index contributed by atoms with van der Waals surface area (Å²) < 4.78 is 4.91. The van der Waals surface area contributed by atoms with Crippen LogP contribution in [0.4, 0.5) is 5.69 Å². The van der Waals surface area contributed by atoms with Gasteiger partial charge in [-0.3, -0.25) is 14.6 Å². The second-order valence-corrected chi connectivity index (χ2v) is 5.78. The molecule has 2 amide bonds. The fraction of sp³-hybridized carbons (Fsp3) is 0.278. The number of aromatic nitrogens is 2. The van der Waals surface area contributed by atoms with Crippen molar-refractivity contribution in [1.82, 2.24) is 14.9 Å². The number of benzene rings is 1. The predicted octanol–water partition coefficient (Wildman–Crippen LogP) is 1.36. The first-order valence-electron chi connectivity index (χ1n) is 8.22. The van der Waals surface area contributed by atoms with Crippen molar-refractivity contribution in [1.29, 1.82) is 0 Å². The van der Waals surface area contributed by atoms with E-state index < -0.39 is 5.97 Å². The Bertz CT molecular complexity index is 802. The quantitative estimate of drug-likeness (QED) is 0.814. The molecular weight excluding hydrogens is 336 g/mol. The van der Waals surface area contributed by atoms with Gasteiger partial charge < -0.3 is 15.0 Å². The Morgan fingerprint density at radius 1 is 1.19 bits per heavy atom. The van der Waals surface area contributed by atoms with Crippen molar-refractivity contribution < 1.29 is 19.1 Å². The van der Waals surface area contributed by atoms with Gasteiger partial charge in [-0.15, -0.1) is 0 Å². The number of ether oxygens (including phenoxy) is 1. The van der Waals surface area contributed by atoms with Gasteiger partial charge in [-0.25, -0.2) is 9.78 Å². The Balaban J connectivity index is 1.51. The number of carbonyl (C=O) groups excluding carboxylic acids is 3. The molecule has 0 atom stereocenters. The Morgan fingerprint density at radius 3 is 2.54 bits per heavy atom. The maximum absolute atomic E-state index is 12.3. The van der Waals surface area contributed by atoms with Gasteiger partial charge in [0.1, 0.15) is 5.69 Å². The van der Waals surface area contributed by atoms with E-state index in [1.807, 2.05) is 0 Å². The summed E-state index contributed by atoms with van der Waals surface area (Å²) in [4.78, 5) is 45.4. The fourth-order valence-corrected chi connectivity index (χ4v) is 2.53. The van der Waals surface area contributed by atoms with Crippen LogP contribution in [0.2, 0.25) is 0 Å². The lowest BCUT2D eigenvalue weighted by molar-refractivity contribution is -0.123. The molecule has 134 valence electrons. The minimum atomic E-state index is -0.400. The third kappa shape index (κ3) is 3.85. The SMILES string of the molecule is CCOC(=O)c1ccc(NC(=O)C2CN(C(=O)c3cnccn3)C2)cc1. The summed E-state index contributed by atoms with van der Waals surface area (Å²) in [5.74, 6) is -1.08. The van der Waals surface area contributed by atoms with Crippen LogP contribution in [0.15, 0.2) is 42.9 Å². The second kappa shape index (κ2) is 7.73. The molecule has 0 aliphatic carbocycles. The number of likely N-dealkylation sites (tertiary alicyclic amines) is 1. The third-order valence-electron chi connectivity index (χ3n) is 3.99. The third-order valence-corrected chi connectivity index (χ3v) is 3.99. The highest BCUT2D eigenvalue weighted by molar-refractivity contribution is 5.98. The Morgan fingerprint density at radius 2 is 1.92 bits per heavy atom. The molecule has 1 aromatic heterocycles. The summed E-state index contributed by atoms with van der Waals surface area (Å²) in [5, 5.41) is 2.78. The number of amides is 2. The number of carbonyl (C=O) groups is 3.